The molecule has 1 aliphatic carbocycles. The van der Waals surface area contributed by atoms with Crippen LogP contribution in [0.5, 0.6) is 0 Å². The van der Waals surface area contributed by atoms with Crippen LogP contribution in [0.1, 0.15) is 107 Å². The Bertz CT molecular complexity index is 721. The number of benzene rings is 2. The number of allylic oxidation sites excluding steroid dienone is 1. The molecule has 0 aromatic heterocycles. The van der Waals surface area contributed by atoms with Crippen molar-refractivity contribution >= 4 is 23.9 Å². The first-order valence-corrected chi connectivity index (χ1v) is 13.7. The molecule has 2 aromatic carbocycles. The van der Waals surface area contributed by atoms with Gasteiger partial charge in [0.2, 0.25) is 0 Å². The monoisotopic (exact) mass is 584 g/mol. The zero-order valence-electron chi connectivity index (χ0n) is 24.7. The summed E-state index contributed by atoms with van der Waals surface area (Å²) in [6, 6.07) is 18.1. The molecule has 0 spiro atoms. The molecule has 3 heteroatoms. The molecule has 0 unspecified atom stereocenters. The van der Waals surface area contributed by atoms with Gasteiger partial charge in [0.15, 0.2) is 0 Å². The van der Waals surface area contributed by atoms with Crippen molar-refractivity contribution in [1.82, 2.24) is 0 Å². The number of fused-ring (bicyclic) bond motifs is 2. The Labute approximate surface area is 261 Å². The Kier molecular flexibility index (Phi) is 41.3. The van der Waals surface area contributed by atoms with E-state index in [0.29, 0.717) is 6.71 Å². The maximum absolute atomic E-state index is 3.99. The van der Waals surface area contributed by atoms with Gasteiger partial charge in [-0.15, -0.1) is 0 Å². The molecule has 0 N–H and O–H groups in total. The quantitative estimate of drug-likeness (QED) is 0.238. The molecule has 4 rings (SSSR count). The summed E-state index contributed by atoms with van der Waals surface area (Å²) in [4.78, 5) is 2.30. The first-order valence-electron chi connectivity index (χ1n) is 13.7. The third-order valence-electron chi connectivity index (χ3n) is 4.54. The number of rotatable bonds is 1. The van der Waals surface area contributed by atoms with Crippen LogP contribution in [0.4, 0.5) is 5.69 Å². The molecule has 1 nitrogen and oxygen atoms in total. The fourth-order valence-electron chi connectivity index (χ4n) is 3.20. The van der Waals surface area contributed by atoms with Crippen LogP contribution in [0.25, 0.3) is 6.08 Å². The Morgan fingerprint density at radius 2 is 1.35 bits per heavy atom. The predicted octanol–water partition coefficient (Wildman–Crippen LogP) is 10.7. The van der Waals surface area contributed by atoms with Crippen LogP contribution in [0, 0.1) is 13.0 Å². The Hall–Kier alpha value is -0.851. The van der Waals surface area contributed by atoms with Gasteiger partial charge in [-0.05, 0) is 31.1 Å². The number of nitrogens with zero attached hydrogens (tertiary/aromatic N) is 1. The van der Waals surface area contributed by atoms with Crippen molar-refractivity contribution in [2.24, 2.45) is 0 Å². The van der Waals surface area contributed by atoms with Crippen molar-refractivity contribution in [3.8, 4) is 0 Å². The molecule has 2 aliphatic rings. The van der Waals surface area contributed by atoms with E-state index in [1.807, 2.05) is 6.07 Å². The summed E-state index contributed by atoms with van der Waals surface area (Å²) in [6.07, 6.45) is 12.7. The third-order valence-corrected chi connectivity index (χ3v) is 4.54. The van der Waals surface area contributed by atoms with Gasteiger partial charge in [0.1, 0.15) is 6.71 Å². The summed E-state index contributed by atoms with van der Waals surface area (Å²) in [5, 5.41) is 0. The van der Waals surface area contributed by atoms with E-state index in [-0.39, 0.29) is 47.6 Å². The third kappa shape index (κ3) is 21.7. The maximum atomic E-state index is 3.99. The molecular formula is C34H62BNY-2. The Morgan fingerprint density at radius 1 is 0.838 bits per heavy atom. The van der Waals surface area contributed by atoms with Gasteiger partial charge in [0.05, 0.1) is 0 Å². The van der Waals surface area contributed by atoms with E-state index in [9.17, 15) is 0 Å². The number of anilines is 1. The standard InChI is InChI=1S/C11H14BN.C9H8.4C3H8.2CH4.Y/c1-3-12-8-9-13(2)11-7-5-4-6-10(11)12;1-2-5-9-7-3-6-8(9)4-1;4*1-3-2;;;/h4-5,7H,1,3,8-9H2,2H3;1-6H,7H2;4*3H2,1-2H3;2*1H4;/q-2;;;;;;;;. The fraction of sp³-hybridized carbons (Fsp3) is 0.559. The van der Waals surface area contributed by atoms with Crippen molar-refractivity contribution in [1.29, 1.82) is 0 Å². The second-order valence-electron chi connectivity index (χ2n) is 8.80. The minimum absolute atomic E-state index is 0. The molecule has 1 aliphatic heterocycles. The molecule has 1 radical (unpaired) electrons. The normalized spacial score (nSPS) is 10.9. The summed E-state index contributed by atoms with van der Waals surface area (Å²) >= 11 is 0. The molecule has 0 fully saturated rings. The van der Waals surface area contributed by atoms with E-state index >= 15 is 0 Å². The summed E-state index contributed by atoms with van der Waals surface area (Å²) in [6.45, 7) is 22.8. The van der Waals surface area contributed by atoms with Gasteiger partial charge >= 0.3 is 0 Å². The van der Waals surface area contributed by atoms with Crippen molar-refractivity contribution < 1.29 is 32.7 Å². The molecule has 0 amide bonds. The van der Waals surface area contributed by atoms with Crippen LogP contribution >= 0.6 is 0 Å². The van der Waals surface area contributed by atoms with E-state index in [2.05, 4.69) is 129 Å². The van der Waals surface area contributed by atoms with Gasteiger partial charge < -0.3 is 11.8 Å². The fourth-order valence-corrected chi connectivity index (χ4v) is 3.20. The molecule has 0 atom stereocenters. The largest absolute Gasteiger partial charge is 0.427 e. The molecule has 0 saturated heterocycles. The van der Waals surface area contributed by atoms with Gasteiger partial charge in [-0.1, -0.05) is 144 Å². The zero-order chi connectivity index (χ0) is 26.2. The minimum atomic E-state index is 0. The first kappa shape index (κ1) is 46.0. The molecule has 0 bridgehead atoms. The summed E-state index contributed by atoms with van der Waals surface area (Å²) in [7, 11) is 2.14. The first-order chi connectivity index (χ1) is 16.4. The Balaban J connectivity index is -0.000000125. The van der Waals surface area contributed by atoms with Crippen molar-refractivity contribution in [3.05, 3.63) is 72.7 Å². The summed E-state index contributed by atoms with van der Waals surface area (Å²) < 4.78 is 0. The summed E-state index contributed by atoms with van der Waals surface area (Å²) in [5.74, 6) is 0. The van der Waals surface area contributed by atoms with Gasteiger partial charge in [-0.25, -0.2) is 6.32 Å². The van der Waals surface area contributed by atoms with Crippen LogP contribution in [-0.2, 0) is 39.1 Å². The van der Waals surface area contributed by atoms with Crippen molar-refractivity contribution in [2.45, 2.75) is 115 Å². The minimum Gasteiger partial charge on any atom is -0.427 e. The average molecular weight is 585 g/mol. The van der Waals surface area contributed by atoms with Crippen LogP contribution < -0.4 is 10.4 Å². The van der Waals surface area contributed by atoms with Gasteiger partial charge in [-0.2, -0.15) is 29.7 Å². The van der Waals surface area contributed by atoms with Crippen molar-refractivity contribution in [2.75, 3.05) is 18.5 Å². The molecule has 2 aromatic rings. The second-order valence-corrected chi connectivity index (χ2v) is 8.80. The molecule has 211 valence electrons. The Morgan fingerprint density at radius 3 is 1.84 bits per heavy atom. The van der Waals surface area contributed by atoms with E-state index in [1.165, 1.54) is 54.3 Å². The smallest absolute Gasteiger partial charge is 0.121 e. The van der Waals surface area contributed by atoms with Gasteiger partial charge in [0, 0.05) is 32.7 Å². The molecule has 0 saturated carbocycles. The summed E-state index contributed by atoms with van der Waals surface area (Å²) in [5.41, 5.74) is 5.53. The van der Waals surface area contributed by atoms with Gasteiger partial charge in [-0.3, -0.25) is 0 Å². The van der Waals surface area contributed by atoms with E-state index in [0.717, 1.165) is 19.3 Å². The van der Waals surface area contributed by atoms with Crippen LogP contribution in [0.3, 0.4) is 0 Å². The number of hydrogen-bond acceptors (Lipinski definition) is 1. The zero-order valence-corrected chi connectivity index (χ0v) is 27.5. The number of hydrogen-bond donors (Lipinski definition) is 0. The van der Waals surface area contributed by atoms with E-state index < -0.39 is 0 Å². The second kappa shape index (κ2) is 33.2. The maximum Gasteiger partial charge on any atom is 0.121 e. The molecular weight excluding hydrogens is 522 g/mol. The predicted molar refractivity (Wildman–Crippen MR) is 175 cm³/mol. The van der Waals surface area contributed by atoms with E-state index in [4.69, 9.17) is 0 Å². The van der Waals surface area contributed by atoms with Crippen molar-refractivity contribution in [3.63, 3.8) is 0 Å². The van der Waals surface area contributed by atoms with Crippen LogP contribution in [0.15, 0.2) is 48.5 Å². The van der Waals surface area contributed by atoms with Crippen LogP contribution in [-0.4, -0.2) is 20.3 Å². The van der Waals surface area contributed by atoms with Crippen LogP contribution in [0.2, 0.25) is 12.6 Å². The SMILES string of the molecule is C.C.C1=Cc2ccccc2C1.CCC.CCC.CCC.CCC.[CH2-]CB1CCN(C)c2ccc[c-]c21.[Y]. The van der Waals surface area contributed by atoms with Gasteiger partial charge in [0.25, 0.3) is 0 Å². The molecule has 1 heterocycles. The topological polar surface area (TPSA) is 3.24 Å². The molecule has 37 heavy (non-hydrogen) atoms. The van der Waals surface area contributed by atoms with E-state index in [1.54, 1.807) is 0 Å². The average Bonchev–Trinajstić information content (AvgIpc) is 3.31.